The molecule has 0 saturated heterocycles. The third-order valence-corrected chi connectivity index (χ3v) is 3.74. The van der Waals surface area contributed by atoms with Gasteiger partial charge >= 0.3 is 0 Å². The molecule has 0 aliphatic heterocycles. The van der Waals surface area contributed by atoms with Crippen LogP contribution < -0.4 is 10.1 Å². The molecule has 0 unspecified atom stereocenters. The fourth-order valence-corrected chi connectivity index (χ4v) is 2.36. The van der Waals surface area contributed by atoms with Crippen LogP contribution in [0.5, 0.6) is 5.88 Å². The minimum atomic E-state index is 0.424. The van der Waals surface area contributed by atoms with E-state index in [2.05, 4.69) is 10.4 Å². The van der Waals surface area contributed by atoms with Gasteiger partial charge in [0.05, 0.1) is 10.7 Å². The average molecular weight is 344 g/mol. The van der Waals surface area contributed by atoms with E-state index < -0.39 is 0 Å². The van der Waals surface area contributed by atoms with Crippen LogP contribution in [0.3, 0.4) is 0 Å². The first kappa shape index (κ1) is 15.5. The number of nitrogens with one attached hydrogen (secondary N) is 1. The first-order valence-corrected chi connectivity index (χ1v) is 7.79. The maximum atomic E-state index is 6.10. The minimum Gasteiger partial charge on any atom is -0.472 e. The van der Waals surface area contributed by atoms with E-state index in [1.165, 1.54) is 0 Å². The van der Waals surface area contributed by atoms with E-state index >= 15 is 0 Å². The Balaban J connectivity index is 1.62. The van der Waals surface area contributed by atoms with Gasteiger partial charge in [-0.25, -0.2) is 4.68 Å². The van der Waals surface area contributed by atoms with Gasteiger partial charge in [0, 0.05) is 12.3 Å². The summed E-state index contributed by atoms with van der Waals surface area (Å²) >= 11 is 11.4. The number of nitrogens with zero attached hydrogens (tertiary/aromatic N) is 2. The molecule has 0 bridgehead atoms. The van der Waals surface area contributed by atoms with Gasteiger partial charge in [0.1, 0.15) is 6.61 Å². The van der Waals surface area contributed by atoms with Crippen LogP contribution in [-0.2, 0) is 6.61 Å². The standard InChI is InChI=1S/C17H14ClN3OS/c18-14-8-4-5-9-15(14)19-17(23)21-11-10-16(20-21)22-12-13-6-2-1-3-7-13/h1-11H,12H2,(H,19,23). The lowest BCUT2D eigenvalue weighted by Crippen LogP contribution is -2.19. The van der Waals surface area contributed by atoms with Gasteiger partial charge in [0.15, 0.2) is 5.11 Å². The number of benzene rings is 2. The maximum Gasteiger partial charge on any atom is 0.233 e. The number of para-hydroxylation sites is 1. The number of rotatable bonds is 4. The lowest BCUT2D eigenvalue weighted by atomic mass is 10.2. The van der Waals surface area contributed by atoms with E-state index in [0.29, 0.717) is 22.6 Å². The van der Waals surface area contributed by atoms with Crippen molar-refractivity contribution in [1.29, 1.82) is 0 Å². The lowest BCUT2D eigenvalue weighted by molar-refractivity contribution is 0.292. The molecule has 0 fully saturated rings. The molecule has 0 radical (unpaired) electrons. The van der Waals surface area contributed by atoms with Crippen LogP contribution in [-0.4, -0.2) is 14.9 Å². The van der Waals surface area contributed by atoms with E-state index in [4.69, 9.17) is 28.6 Å². The molecule has 2 aromatic carbocycles. The van der Waals surface area contributed by atoms with Gasteiger partial charge in [-0.15, -0.1) is 5.10 Å². The van der Waals surface area contributed by atoms with Crippen LogP contribution in [0, 0.1) is 0 Å². The van der Waals surface area contributed by atoms with Crippen LogP contribution in [0.4, 0.5) is 5.69 Å². The zero-order valence-corrected chi connectivity index (χ0v) is 13.7. The number of hydrogen-bond acceptors (Lipinski definition) is 3. The highest BCUT2D eigenvalue weighted by Crippen LogP contribution is 2.20. The van der Waals surface area contributed by atoms with Crippen molar-refractivity contribution in [2.24, 2.45) is 0 Å². The Morgan fingerprint density at radius 1 is 1.09 bits per heavy atom. The first-order valence-electron chi connectivity index (χ1n) is 7.00. The summed E-state index contributed by atoms with van der Waals surface area (Å²) in [5.41, 5.74) is 1.82. The van der Waals surface area contributed by atoms with Crippen LogP contribution in [0.1, 0.15) is 5.56 Å². The lowest BCUT2D eigenvalue weighted by Gasteiger charge is -2.09. The second-order valence-electron chi connectivity index (χ2n) is 4.78. The molecule has 6 heteroatoms. The van der Waals surface area contributed by atoms with Crippen molar-refractivity contribution in [3.63, 3.8) is 0 Å². The summed E-state index contributed by atoms with van der Waals surface area (Å²) < 4.78 is 7.19. The smallest absolute Gasteiger partial charge is 0.233 e. The highest BCUT2D eigenvalue weighted by molar-refractivity contribution is 7.80. The van der Waals surface area contributed by atoms with Crippen molar-refractivity contribution in [1.82, 2.24) is 9.78 Å². The maximum absolute atomic E-state index is 6.10. The molecule has 1 N–H and O–H groups in total. The molecule has 1 aromatic heterocycles. The Morgan fingerprint density at radius 3 is 2.61 bits per heavy atom. The Hall–Kier alpha value is -2.37. The second-order valence-corrected chi connectivity index (χ2v) is 5.58. The molecule has 0 atom stereocenters. The SMILES string of the molecule is S=C(Nc1ccccc1Cl)n1ccc(OCc2ccccc2)n1. The van der Waals surface area contributed by atoms with Crippen molar-refractivity contribution >= 4 is 34.6 Å². The Kier molecular flexibility index (Phi) is 4.90. The monoisotopic (exact) mass is 343 g/mol. The van der Waals surface area contributed by atoms with E-state index in [1.54, 1.807) is 23.0 Å². The van der Waals surface area contributed by atoms with E-state index in [-0.39, 0.29) is 0 Å². The predicted octanol–water partition coefficient (Wildman–Crippen LogP) is 4.36. The molecule has 1 heterocycles. The third-order valence-electron chi connectivity index (χ3n) is 3.12. The van der Waals surface area contributed by atoms with Crippen molar-refractivity contribution in [3.05, 3.63) is 77.4 Å². The van der Waals surface area contributed by atoms with Crippen LogP contribution in [0.2, 0.25) is 5.02 Å². The third kappa shape index (κ3) is 4.09. The van der Waals surface area contributed by atoms with E-state index in [0.717, 1.165) is 11.3 Å². The number of thiocarbonyl (C=S) groups is 1. The highest BCUT2D eigenvalue weighted by atomic mass is 35.5. The Bertz CT molecular complexity index is 804. The molecule has 0 aliphatic rings. The van der Waals surface area contributed by atoms with E-state index in [9.17, 15) is 0 Å². The number of hydrogen-bond donors (Lipinski definition) is 1. The molecule has 4 nitrogen and oxygen atoms in total. The zero-order chi connectivity index (χ0) is 16.1. The summed E-state index contributed by atoms with van der Waals surface area (Å²) in [6.45, 7) is 0.461. The van der Waals surface area contributed by atoms with Gasteiger partial charge in [-0.1, -0.05) is 54.1 Å². The summed E-state index contributed by atoms with van der Waals surface area (Å²) in [5.74, 6) is 0.511. The molecule has 3 aromatic rings. The van der Waals surface area contributed by atoms with Crippen LogP contribution in [0.15, 0.2) is 66.9 Å². The molecule has 23 heavy (non-hydrogen) atoms. The average Bonchev–Trinajstić information content (AvgIpc) is 3.05. The molecular formula is C17H14ClN3OS. The highest BCUT2D eigenvalue weighted by Gasteiger charge is 2.07. The molecule has 3 rings (SSSR count). The molecule has 0 saturated carbocycles. The second kappa shape index (κ2) is 7.26. The topological polar surface area (TPSA) is 39.1 Å². The van der Waals surface area contributed by atoms with Gasteiger partial charge in [-0.05, 0) is 29.9 Å². The van der Waals surface area contributed by atoms with Gasteiger partial charge in [0.25, 0.3) is 0 Å². The van der Waals surface area contributed by atoms with Gasteiger partial charge in [0.2, 0.25) is 5.88 Å². The molecule has 0 spiro atoms. The normalized spacial score (nSPS) is 10.3. The number of anilines is 1. The number of ether oxygens (including phenoxy) is 1. The fourth-order valence-electron chi connectivity index (χ4n) is 1.96. The Morgan fingerprint density at radius 2 is 1.83 bits per heavy atom. The van der Waals surface area contributed by atoms with Gasteiger partial charge < -0.3 is 10.1 Å². The molecule has 116 valence electrons. The molecule has 0 amide bonds. The minimum absolute atomic E-state index is 0.424. The van der Waals surface area contributed by atoms with Crippen LogP contribution >= 0.6 is 23.8 Å². The summed E-state index contributed by atoms with van der Waals surface area (Å²) in [5, 5.41) is 8.38. The predicted molar refractivity (Wildman–Crippen MR) is 96.1 cm³/mol. The largest absolute Gasteiger partial charge is 0.472 e. The van der Waals surface area contributed by atoms with Crippen molar-refractivity contribution in [2.75, 3.05) is 5.32 Å². The van der Waals surface area contributed by atoms with Crippen molar-refractivity contribution in [3.8, 4) is 5.88 Å². The van der Waals surface area contributed by atoms with Crippen LogP contribution in [0.25, 0.3) is 0 Å². The summed E-state index contributed by atoms with van der Waals surface area (Å²) in [6.07, 6.45) is 1.74. The van der Waals surface area contributed by atoms with Crippen molar-refractivity contribution in [2.45, 2.75) is 6.61 Å². The molecular weight excluding hydrogens is 330 g/mol. The Labute approximate surface area is 144 Å². The number of aromatic nitrogens is 2. The fraction of sp³-hybridized carbons (Fsp3) is 0.0588. The summed E-state index contributed by atoms with van der Waals surface area (Å²) in [7, 11) is 0. The first-order chi connectivity index (χ1) is 11.2. The van der Waals surface area contributed by atoms with Gasteiger partial charge in [-0.3, -0.25) is 0 Å². The quantitative estimate of drug-likeness (QED) is 0.714. The zero-order valence-electron chi connectivity index (χ0n) is 12.1. The number of halogens is 1. The summed E-state index contributed by atoms with van der Waals surface area (Å²) in [6, 6.07) is 19.1. The summed E-state index contributed by atoms with van der Waals surface area (Å²) in [4.78, 5) is 0. The molecule has 0 aliphatic carbocycles. The van der Waals surface area contributed by atoms with Crippen molar-refractivity contribution < 1.29 is 4.74 Å². The van der Waals surface area contributed by atoms with Gasteiger partial charge in [-0.2, -0.15) is 0 Å². The van der Waals surface area contributed by atoms with E-state index in [1.807, 2.05) is 48.5 Å².